The number of benzene rings is 2. The van der Waals surface area contributed by atoms with Gasteiger partial charge in [0.05, 0.1) is 7.11 Å². The fourth-order valence-electron chi connectivity index (χ4n) is 2.53. The molecule has 106 valence electrons. The lowest BCUT2D eigenvalue weighted by Gasteiger charge is -2.24. The van der Waals surface area contributed by atoms with E-state index in [-0.39, 0.29) is 12.0 Å². The van der Waals surface area contributed by atoms with E-state index in [1.54, 1.807) is 7.11 Å². The highest BCUT2D eigenvalue weighted by Gasteiger charge is 2.21. The molecular formula is C17H22N2O. The molecule has 0 bridgehead atoms. The van der Waals surface area contributed by atoms with Gasteiger partial charge in [-0.25, -0.2) is 0 Å². The van der Waals surface area contributed by atoms with Gasteiger partial charge in [-0.2, -0.15) is 0 Å². The number of hydrogen-bond acceptors (Lipinski definition) is 3. The molecule has 2 aromatic carbocycles. The lowest BCUT2D eigenvalue weighted by molar-refractivity contribution is 0.399. The third-order valence-corrected chi connectivity index (χ3v) is 3.62. The van der Waals surface area contributed by atoms with Crippen LogP contribution in [0.15, 0.2) is 54.6 Å². The molecule has 0 radical (unpaired) electrons. The molecule has 2 atom stereocenters. The molecule has 2 aromatic rings. The number of nitrogens with two attached hydrogens (primary N) is 2. The maximum Gasteiger partial charge on any atom is 0.122 e. The van der Waals surface area contributed by atoms with Gasteiger partial charge in [0.1, 0.15) is 5.75 Å². The van der Waals surface area contributed by atoms with Gasteiger partial charge in [-0.05, 0) is 18.1 Å². The predicted molar refractivity (Wildman–Crippen MR) is 82.9 cm³/mol. The zero-order valence-electron chi connectivity index (χ0n) is 11.8. The lowest BCUT2D eigenvalue weighted by Crippen LogP contribution is -2.35. The van der Waals surface area contributed by atoms with Crippen LogP contribution in [0.25, 0.3) is 0 Å². The van der Waals surface area contributed by atoms with Crippen LogP contribution in [0.5, 0.6) is 5.75 Å². The smallest absolute Gasteiger partial charge is 0.122 e. The van der Waals surface area contributed by atoms with Crippen LogP contribution in [0, 0.1) is 0 Å². The van der Waals surface area contributed by atoms with Gasteiger partial charge in [0.15, 0.2) is 0 Å². The molecule has 0 amide bonds. The van der Waals surface area contributed by atoms with Crippen LogP contribution in [0.3, 0.4) is 0 Å². The normalized spacial score (nSPS) is 13.8. The largest absolute Gasteiger partial charge is 0.496 e. The summed E-state index contributed by atoms with van der Waals surface area (Å²) in [6.07, 6.45) is 0.806. The Balaban J connectivity index is 2.19. The Bertz CT molecular complexity index is 528. The van der Waals surface area contributed by atoms with Gasteiger partial charge in [-0.1, -0.05) is 48.5 Å². The second-order valence-electron chi connectivity index (χ2n) is 4.94. The van der Waals surface area contributed by atoms with Crippen molar-refractivity contribution < 1.29 is 4.74 Å². The van der Waals surface area contributed by atoms with Gasteiger partial charge in [-0.3, -0.25) is 0 Å². The molecule has 0 heterocycles. The molecule has 0 fully saturated rings. The quantitative estimate of drug-likeness (QED) is 0.846. The third-order valence-electron chi connectivity index (χ3n) is 3.62. The van der Waals surface area contributed by atoms with E-state index in [0.717, 1.165) is 17.7 Å². The molecule has 3 nitrogen and oxygen atoms in total. The van der Waals surface area contributed by atoms with Gasteiger partial charge >= 0.3 is 0 Å². The van der Waals surface area contributed by atoms with E-state index in [2.05, 4.69) is 12.1 Å². The van der Waals surface area contributed by atoms with Gasteiger partial charge in [-0.15, -0.1) is 0 Å². The highest BCUT2D eigenvalue weighted by Crippen LogP contribution is 2.28. The van der Waals surface area contributed by atoms with Crippen molar-refractivity contribution in [1.82, 2.24) is 0 Å². The topological polar surface area (TPSA) is 61.3 Å². The minimum atomic E-state index is -0.0290. The number of methoxy groups -OCH3 is 1. The number of ether oxygens (including phenoxy) is 1. The summed E-state index contributed by atoms with van der Waals surface area (Å²) in [6.45, 7) is 0.508. The van der Waals surface area contributed by atoms with Gasteiger partial charge in [0.25, 0.3) is 0 Å². The van der Waals surface area contributed by atoms with Crippen LogP contribution in [0.2, 0.25) is 0 Å². The molecule has 0 aliphatic heterocycles. The maximum atomic E-state index is 6.38. The summed E-state index contributed by atoms with van der Waals surface area (Å²) in [5.74, 6) is 0.942. The maximum absolute atomic E-state index is 6.38. The highest BCUT2D eigenvalue weighted by molar-refractivity contribution is 5.37. The first-order valence-electron chi connectivity index (χ1n) is 6.88. The number of para-hydroxylation sites is 1. The first-order valence-corrected chi connectivity index (χ1v) is 6.88. The Morgan fingerprint density at radius 2 is 1.65 bits per heavy atom. The summed E-state index contributed by atoms with van der Waals surface area (Å²) in [5.41, 5.74) is 14.6. The van der Waals surface area contributed by atoms with Gasteiger partial charge < -0.3 is 16.2 Å². The first-order chi connectivity index (χ1) is 9.76. The average Bonchev–Trinajstić information content (AvgIpc) is 2.49. The van der Waals surface area contributed by atoms with E-state index in [0.29, 0.717) is 6.54 Å². The molecule has 0 saturated heterocycles. The lowest BCUT2D eigenvalue weighted by atomic mass is 9.87. The van der Waals surface area contributed by atoms with E-state index >= 15 is 0 Å². The fourth-order valence-corrected chi connectivity index (χ4v) is 2.53. The third kappa shape index (κ3) is 3.38. The van der Waals surface area contributed by atoms with Crippen molar-refractivity contribution in [2.24, 2.45) is 11.5 Å². The van der Waals surface area contributed by atoms with Crippen LogP contribution in [0.1, 0.15) is 17.0 Å². The second-order valence-corrected chi connectivity index (χ2v) is 4.94. The zero-order valence-corrected chi connectivity index (χ0v) is 11.8. The first kappa shape index (κ1) is 14.6. The summed E-state index contributed by atoms with van der Waals surface area (Å²) in [5, 5.41) is 0. The average molecular weight is 270 g/mol. The van der Waals surface area contributed by atoms with Crippen molar-refractivity contribution in [1.29, 1.82) is 0 Å². The SMILES string of the molecule is COc1ccccc1C(CN)C(N)Cc1ccccc1. The van der Waals surface area contributed by atoms with Crippen LogP contribution in [0.4, 0.5) is 0 Å². The van der Waals surface area contributed by atoms with E-state index in [1.165, 1.54) is 5.56 Å². The Morgan fingerprint density at radius 3 is 2.30 bits per heavy atom. The molecule has 0 aliphatic carbocycles. The van der Waals surface area contributed by atoms with E-state index in [1.807, 2.05) is 42.5 Å². The Labute approximate surface area is 120 Å². The van der Waals surface area contributed by atoms with Crippen LogP contribution in [-0.2, 0) is 6.42 Å². The Hall–Kier alpha value is -1.84. The number of rotatable bonds is 6. The van der Waals surface area contributed by atoms with Crippen LogP contribution in [-0.4, -0.2) is 19.7 Å². The summed E-state index contributed by atoms with van der Waals surface area (Å²) in [4.78, 5) is 0. The highest BCUT2D eigenvalue weighted by atomic mass is 16.5. The molecule has 2 rings (SSSR count). The Kier molecular flexibility index (Phi) is 5.16. The molecule has 4 N–H and O–H groups in total. The van der Waals surface area contributed by atoms with Crippen molar-refractivity contribution in [2.75, 3.05) is 13.7 Å². The second kappa shape index (κ2) is 7.08. The van der Waals surface area contributed by atoms with Crippen LogP contribution >= 0.6 is 0 Å². The summed E-state index contributed by atoms with van der Waals surface area (Å²) in [7, 11) is 1.68. The number of hydrogen-bond donors (Lipinski definition) is 2. The van der Waals surface area contributed by atoms with Crippen molar-refractivity contribution in [3.63, 3.8) is 0 Å². The van der Waals surface area contributed by atoms with E-state index < -0.39 is 0 Å². The summed E-state index contributed by atoms with van der Waals surface area (Å²) >= 11 is 0. The molecular weight excluding hydrogens is 248 g/mol. The van der Waals surface area contributed by atoms with Crippen molar-refractivity contribution in [2.45, 2.75) is 18.4 Å². The summed E-state index contributed by atoms with van der Waals surface area (Å²) in [6, 6.07) is 18.2. The zero-order chi connectivity index (χ0) is 14.4. The fraction of sp³-hybridized carbons (Fsp3) is 0.294. The monoisotopic (exact) mass is 270 g/mol. The molecule has 0 saturated carbocycles. The molecule has 0 aromatic heterocycles. The summed E-state index contributed by atoms with van der Waals surface area (Å²) < 4.78 is 5.42. The molecule has 2 unspecified atom stereocenters. The molecule has 3 heteroatoms. The van der Waals surface area contributed by atoms with Crippen molar-refractivity contribution in [3.05, 3.63) is 65.7 Å². The van der Waals surface area contributed by atoms with E-state index in [9.17, 15) is 0 Å². The minimum absolute atomic E-state index is 0.0290. The molecule has 0 spiro atoms. The standard InChI is InChI=1S/C17H22N2O/c1-20-17-10-6-5-9-14(17)15(12-18)16(19)11-13-7-3-2-4-8-13/h2-10,15-16H,11-12,18-19H2,1H3. The van der Waals surface area contributed by atoms with Crippen molar-refractivity contribution >= 4 is 0 Å². The molecule has 20 heavy (non-hydrogen) atoms. The predicted octanol–water partition coefficient (Wildman–Crippen LogP) is 2.31. The van der Waals surface area contributed by atoms with Crippen LogP contribution < -0.4 is 16.2 Å². The van der Waals surface area contributed by atoms with Gasteiger partial charge in [0.2, 0.25) is 0 Å². The van der Waals surface area contributed by atoms with Gasteiger partial charge in [0, 0.05) is 24.1 Å². The van der Waals surface area contributed by atoms with E-state index in [4.69, 9.17) is 16.2 Å². The van der Waals surface area contributed by atoms with Crippen molar-refractivity contribution in [3.8, 4) is 5.75 Å². The minimum Gasteiger partial charge on any atom is -0.496 e. The molecule has 0 aliphatic rings. The Morgan fingerprint density at radius 1 is 1.00 bits per heavy atom.